The molecule has 2 heteroatoms. The Bertz CT molecular complexity index is 155. The first-order valence-electron chi connectivity index (χ1n) is 3.17. The van der Waals surface area contributed by atoms with E-state index >= 15 is 0 Å². The van der Waals surface area contributed by atoms with Gasteiger partial charge in [0.25, 0.3) is 6.43 Å². The summed E-state index contributed by atoms with van der Waals surface area (Å²) in [5.41, 5.74) is 0.801. The van der Waals surface area contributed by atoms with Crippen molar-refractivity contribution in [1.29, 1.82) is 0 Å². The van der Waals surface area contributed by atoms with E-state index < -0.39 is 6.43 Å². The largest absolute Gasteiger partial charge is 0.260 e. The van der Waals surface area contributed by atoms with Crippen molar-refractivity contribution in [3.8, 4) is 0 Å². The molecule has 0 amide bonds. The lowest BCUT2D eigenvalue weighted by Gasteiger charge is -2.00. The number of rotatable bonds is 2. The quantitative estimate of drug-likeness (QED) is 0.525. The van der Waals surface area contributed by atoms with E-state index in [9.17, 15) is 8.78 Å². The summed E-state index contributed by atoms with van der Waals surface area (Å²) in [6, 6.07) is 0. The van der Waals surface area contributed by atoms with E-state index in [2.05, 4.69) is 0 Å². The van der Waals surface area contributed by atoms with Crippen molar-refractivity contribution < 1.29 is 8.78 Å². The Labute approximate surface area is 60.2 Å². The van der Waals surface area contributed by atoms with Gasteiger partial charge in [-0.2, -0.15) is 0 Å². The fraction of sp³-hybridized carbons (Fsp3) is 0.500. The standard InChI is InChI=1S/C8H12F2/c1-4-5-6(2)7(3)8(9)10/h4-5,8H,1-3H3/b5-4-,7-6+. The molecule has 0 bridgehead atoms. The molecule has 0 spiro atoms. The summed E-state index contributed by atoms with van der Waals surface area (Å²) in [7, 11) is 0. The minimum Gasteiger partial charge on any atom is -0.205 e. The predicted molar refractivity (Wildman–Crippen MR) is 39.2 cm³/mol. The smallest absolute Gasteiger partial charge is 0.205 e. The molecule has 0 heterocycles. The van der Waals surface area contributed by atoms with Crippen LogP contribution in [0, 0.1) is 0 Å². The summed E-state index contributed by atoms with van der Waals surface area (Å²) < 4.78 is 23.8. The molecule has 0 aromatic heterocycles. The highest BCUT2D eigenvalue weighted by atomic mass is 19.3. The molecule has 0 nitrogen and oxygen atoms in total. The summed E-state index contributed by atoms with van der Waals surface area (Å²) >= 11 is 0. The first-order valence-corrected chi connectivity index (χ1v) is 3.17. The Morgan fingerprint density at radius 3 is 2.10 bits per heavy atom. The van der Waals surface area contributed by atoms with E-state index in [-0.39, 0.29) is 5.57 Å². The van der Waals surface area contributed by atoms with Gasteiger partial charge in [0.15, 0.2) is 0 Å². The molecule has 0 saturated carbocycles. The molecule has 0 saturated heterocycles. The van der Waals surface area contributed by atoms with Crippen LogP contribution in [0.5, 0.6) is 0 Å². The lowest BCUT2D eigenvalue weighted by Crippen LogP contribution is -1.93. The van der Waals surface area contributed by atoms with Gasteiger partial charge < -0.3 is 0 Å². The zero-order chi connectivity index (χ0) is 8.15. The monoisotopic (exact) mass is 146 g/mol. The molecule has 0 N–H and O–H groups in total. The maximum Gasteiger partial charge on any atom is 0.260 e. The van der Waals surface area contributed by atoms with Gasteiger partial charge in [-0.1, -0.05) is 12.2 Å². The zero-order valence-electron chi connectivity index (χ0n) is 6.49. The fourth-order valence-electron chi connectivity index (χ4n) is 0.554. The minimum absolute atomic E-state index is 0.151. The molecule has 0 aliphatic heterocycles. The van der Waals surface area contributed by atoms with Crippen molar-refractivity contribution in [3.63, 3.8) is 0 Å². The Hall–Kier alpha value is -0.660. The van der Waals surface area contributed by atoms with Gasteiger partial charge in [-0.15, -0.1) is 0 Å². The van der Waals surface area contributed by atoms with E-state index in [1.165, 1.54) is 6.92 Å². The van der Waals surface area contributed by atoms with Crippen LogP contribution in [0.15, 0.2) is 23.3 Å². The van der Waals surface area contributed by atoms with Crippen molar-refractivity contribution in [2.75, 3.05) is 0 Å². The third-order valence-corrected chi connectivity index (χ3v) is 1.37. The first kappa shape index (κ1) is 9.34. The Morgan fingerprint density at radius 1 is 1.30 bits per heavy atom. The van der Waals surface area contributed by atoms with Crippen molar-refractivity contribution in [2.24, 2.45) is 0 Å². The fourth-order valence-corrected chi connectivity index (χ4v) is 0.554. The molecule has 0 unspecified atom stereocenters. The molecular weight excluding hydrogens is 134 g/mol. The summed E-state index contributed by atoms with van der Waals surface area (Å²) in [5.74, 6) is 0. The second-order valence-corrected chi connectivity index (χ2v) is 2.17. The van der Waals surface area contributed by atoms with E-state index in [4.69, 9.17) is 0 Å². The maximum absolute atomic E-state index is 11.9. The van der Waals surface area contributed by atoms with Crippen molar-refractivity contribution in [3.05, 3.63) is 23.3 Å². The second kappa shape index (κ2) is 4.20. The molecule has 0 fully saturated rings. The molecule has 0 aliphatic rings. The lowest BCUT2D eigenvalue weighted by molar-refractivity contribution is 0.189. The van der Waals surface area contributed by atoms with Crippen LogP contribution in [-0.2, 0) is 0 Å². The van der Waals surface area contributed by atoms with E-state index in [0.717, 1.165) is 0 Å². The molecule has 0 aromatic rings. The predicted octanol–water partition coefficient (Wildman–Crippen LogP) is 3.16. The number of hydrogen-bond donors (Lipinski definition) is 0. The highest BCUT2D eigenvalue weighted by molar-refractivity contribution is 5.23. The number of allylic oxidation sites excluding steroid dienone is 4. The van der Waals surface area contributed by atoms with Gasteiger partial charge in [0.05, 0.1) is 0 Å². The Kier molecular flexibility index (Phi) is 3.93. The molecular formula is C8H12F2. The Morgan fingerprint density at radius 2 is 1.80 bits per heavy atom. The van der Waals surface area contributed by atoms with Crippen molar-refractivity contribution in [2.45, 2.75) is 27.2 Å². The van der Waals surface area contributed by atoms with Gasteiger partial charge in [-0.25, -0.2) is 8.78 Å². The molecule has 10 heavy (non-hydrogen) atoms. The number of hydrogen-bond acceptors (Lipinski definition) is 0. The Balaban J connectivity index is 4.34. The molecule has 0 aliphatic carbocycles. The third-order valence-electron chi connectivity index (χ3n) is 1.37. The second-order valence-electron chi connectivity index (χ2n) is 2.17. The van der Waals surface area contributed by atoms with Gasteiger partial charge in [0, 0.05) is 0 Å². The zero-order valence-corrected chi connectivity index (χ0v) is 6.49. The molecule has 58 valence electrons. The van der Waals surface area contributed by atoms with Crippen LogP contribution in [-0.4, -0.2) is 6.43 Å². The summed E-state index contributed by atoms with van der Waals surface area (Å²) in [4.78, 5) is 0. The van der Waals surface area contributed by atoms with Gasteiger partial charge >= 0.3 is 0 Å². The maximum atomic E-state index is 11.9. The van der Waals surface area contributed by atoms with Crippen molar-refractivity contribution in [1.82, 2.24) is 0 Å². The van der Waals surface area contributed by atoms with Crippen LogP contribution in [0.3, 0.4) is 0 Å². The highest BCUT2D eigenvalue weighted by Crippen LogP contribution is 2.13. The number of halogens is 2. The van der Waals surface area contributed by atoms with Crippen LogP contribution in [0.2, 0.25) is 0 Å². The average molecular weight is 146 g/mol. The van der Waals surface area contributed by atoms with E-state index in [1.54, 1.807) is 19.1 Å². The van der Waals surface area contributed by atoms with Crippen molar-refractivity contribution >= 4 is 0 Å². The van der Waals surface area contributed by atoms with Gasteiger partial charge in [-0.05, 0) is 31.9 Å². The summed E-state index contributed by atoms with van der Waals surface area (Å²) in [5, 5.41) is 0. The average Bonchev–Trinajstić information content (AvgIpc) is 1.87. The lowest BCUT2D eigenvalue weighted by atomic mass is 10.1. The summed E-state index contributed by atoms with van der Waals surface area (Å²) in [6.07, 6.45) is 1.11. The van der Waals surface area contributed by atoms with Crippen LogP contribution in [0.4, 0.5) is 8.78 Å². The number of alkyl halides is 2. The van der Waals surface area contributed by atoms with Gasteiger partial charge in [0.1, 0.15) is 0 Å². The topological polar surface area (TPSA) is 0 Å². The summed E-state index contributed by atoms with van der Waals surface area (Å²) in [6.45, 7) is 4.93. The SMILES string of the molecule is C/C=C\C(C)=C(/C)C(F)F. The molecule has 0 atom stereocenters. The van der Waals surface area contributed by atoms with Crippen LogP contribution < -0.4 is 0 Å². The minimum atomic E-state index is -2.32. The van der Waals surface area contributed by atoms with Crippen LogP contribution in [0.1, 0.15) is 20.8 Å². The first-order chi connectivity index (χ1) is 4.59. The van der Waals surface area contributed by atoms with E-state index in [1.807, 2.05) is 6.92 Å². The van der Waals surface area contributed by atoms with Gasteiger partial charge in [-0.3, -0.25) is 0 Å². The molecule has 0 rings (SSSR count). The molecule has 0 radical (unpaired) electrons. The van der Waals surface area contributed by atoms with E-state index in [0.29, 0.717) is 5.57 Å². The molecule has 0 aromatic carbocycles. The van der Waals surface area contributed by atoms with Crippen LogP contribution in [0.25, 0.3) is 0 Å². The third kappa shape index (κ3) is 2.76. The van der Waals surface area contributed by atoms with Gasteiger partial charge in [0.2, 0.25) is 0 Å². The highest BCUT2D eigenvalue weighted by Gasteiger charge is 2.05. The van der Waals surface area contributed by atoms with Crippen LogP contribution >= 0.6 is 0 Å². The normalized spacial score (nSPS) is 14.6.